The normalized spacial score (nSPS) is 10.2. The predicted octanol–water partition coefficient (Wildman–Crippen LogP) is 4.45. The molecule has 0 aromatic heterocycles. The molecule has 0 fully saturated rings. The number of ether oxygens (including phenoxy) is 1. The summed E-state index contributed by atoms with van der Waals surface area (Å²) >= 11 is 0. The number of amides is 2. The van der Waals surface area contributed by atoms with Crippen LogP contribution in [-0.4, -0.2) is 25.0 Å². The van der Waals surface area contributed by atoms with Crippen molar-refractivity contribution < 1.29 is 14.3 Å². The molecule has 0 saturated heterocycles. The van der Waals surface area contributed by atoms with Gasteiger partial charge in [0.15, 0.2) is 0 Å². The van der Waals surface area contributed by atoms with Gasteiger partial charge < -0.3 is 15.4 Å². The van der Waals surface area contributed by atoms with Crippen LogP contribution in [0.4, 0.5) is 5.69 Å². The molecule has 29 heavy (non-hydrogen) atoms. The van der Waals surface area contributed by atoms with Gasteiger partial charge in [-0.15, -0.1) is 0 Å². The SMILES string of the molecule is Cc1cccc(OCCCNC(=O)c2ccc(NC(=O)c3ccccc3)cc2)c1. The van der Waals surface area contributed by atoms with Crippen molar-refractivity contribution in [3.8, 4) is 5.75 Å². The Labute approximate surface area is 170 Å². The van der Waals surface area contributed by atoms with E-state index in [1.54, 1.807) is 36.4 Å². The number of nitrogens with one attached hydrogen (secondary N) is 2. The Morgan fingerprint density at radius 1 is 0.828 bits per heavy atom. The van der Waals surface area contributed by atoms with E-state index in [-0.39, 0.29) is 11.8 Å². The van der Waals surface area contributed by atoms with Crippen LogP contribution >= 0.6 is 0 Å². The van der Waals surface area contributed by atoms with Crippen LogP contribution in [-0.2, 0) is 0 Å². The molecule has 2 N–H and O–H groups in total. The zero-order valence-corrected chi connectivity index (χ0v) is 16.4. The van der Waals surface area contributed by atoms with E-state index in [4.69, 9.17) is 4.74 Å². The van der Waals surface area contributed by atoms with Crippen molar-refractivity contribution in [2.45, 2.75) is 13.3 Å². The summed E-state index contributed by atoms with van der Waals surface area (Å²) in [5.74, 6) is 0.502. The van der Waals surface area contributed by atoms with Crippen LogP contribution in [0.25, 0.3) is 0 Å². The quantitative estimate of drug-likeness (QED) is 0.561. The van der Waals surface area contributed by atoms with Gasteiger partial charge in [-0.2, -0.15) is 0 Å². The van der Waals surface area contributed by atoms with Crippen molar-refractivity contribution >= 4 is 17.5 Å². The number of benzene rings is 3. The van der Waals surface area contributed by atoms with Crippen molar-refractivity contribution in [2.75, 3.05) is 18.5 Å². The summed E-state index contributed by atoms with van der Waals surface area (Å²) in [6, 6.07) is 23.7. The molecule has 0 spiro atoms. The number of hydrogen-bond acceptors (Lipinski definition) is 3. The lowest BCUT2D eigenvalue weighted by molar-refractivity contribution is 0.0951. The summed E-state index contributed by atoms with van der Waals surface area (Å²) in [5.41, 5.74) is 2.92. The lowest BCUT2D eigenvalue weighted by Gasteiger charge is -2.09. The van der Waals surface area contributed by atoms with Crippen molar-refractivity contribution in [1.29, 1.82) is 0 Å². The van der Waals surface area contributed by atoms with Gasteiger partial charge in [0, 0.05) is 23.4 Å². The summed E-state index contributed by atoms with van der Waals surface area (Å²) in [7, 11) is 0. The van der Waals surface area contributed by atoms with E-state index in [0.29, 0.717) is 36.4 Å². The number of aryl methyl sites for hydroxylation is 1. The van der Waals surface area contributed by atoms with Gasteiger partial charge in [-0.3, -0.25) is 9.59 Å². The van der Waals surface area contributed by atoms with Crippen LogP contribution in [0.1, 0.15) is 32.7 Å². The molecule has 0 aliphatic carbocycles. The van der Waals surface area contributed by atoms with E-state index in [0.717, 1.165) is 11.3 Å². The number of hydrogen-bond donors (Lipinski definition) is 2. The maximum absolute atomic E-state index is 12.2. The second-order valence-electron chi connectivity index (χ2n) is 6.67. The maximum atomic E-state index is 12.2. The highest BCUT2D eigenvalue weighted by Crippen LogP contribution is 2.13. The molecule has 0 aliphatic rings. The third-order valence-corrected chi connectivity index (χ3v) is 4.31. The monoisotopic (exact) mass is 388 g/mol. The van der Waals surface area contributed by atoms with E-state index < -0.39 is 0 Å². The fraction of sp³-hybridized carbons (Fsp3) is 0.167. The van der Waals surface area contributed by atoms with Gasteiger partial charge in [0.05, 0.1) is 6.61 Å². The molecule has 5 nitrogen and oxygen atoms in total. The lowest BCUT2D eigenvalue weighted by atomic mass is 10.1. The lowest BCUT2D eigenvalue weighted by Crippen LogP contribution is -2.25. The van der Waals surface area contributed by atoms with E-state index in [2.05, 4.69) is 10.6 Å². The molecule has 0 heterocycles. The topological polar surface area (TPSA) is 67.4 Å². The molecule has 0 saturated carbocycles. The van der Waals surface area contributed by atoms with Crippen molar-refractivity contribution in [1.82, 2.24) is 5.32 Å². The minimum atomic E-state index is -0.184. The molecule has 5 heteroatoms. The second kappa shape index (κ2) is 10.1. The zero-order valence-electron chi connectivity index (χ0n) is 16.4. The van der Waals surface area contributed by atoms with Crippen LogP contribution in [0, 0.1) is 6.92 Å². The fourth-order valence-corrected chi connectivity index (χ4v) is 2.77. The number of carbonyl (C=O) groups is 2. The van der Waals surface area contributed by atoms with Gasteiger partial charge >= 0.3 is 0 Å². The average Bonchev–Trinajstić information content (AvgIpc) is 2.74. The zero-order chi connectivity index (χ0) is 20.5. The third-order valence-electron chi connectivity index (χ3n) is 4.31. The van der Waals surface area contributed by atoms with Gasteiger partial charge in [0.2, 0.25) is 0 Å². The maximum Gasteiger partial charge on any atom is 0.255 e. The Morgan fingerprint density at radius 2 is 1.55 bits per heavy atom. The van der Waals surface area contributed by atoms with E-state index >= 15 is 0 Å². The number of rotatable bonds is 8. The minimum Gasteiger partial charge on any atom is -0.494 e. The van der Waals surface area contributed by atoms with Crippen molar-refractivity contribution in [3.05, 3.63) is 95.6 Å². The smallest absolute Gasteiger partial charge is 0.255 e. The molecule has 0 bridgehead atoms. The molecule has 0 aliphatic heterocycles. The van der Waals surface area contributed by atoms with Crippen molar-refractivity contribution in [3.63, 3.8) is 0 Å². The fourth-order valence-electron chi connectivity index (χ4n) is 2.77. The molecule has 0 unspecified atom stereocenters. The van der Waals surface area contributed by atoms with Gasteiger partial charge in [-0.1, -0.05) is 30.3 Å². The minimum absolute atomic E-state index is 0.151. The van der Waals surface area contributed by atoms with Gasteiger partial charge in [0.1, 0.15) is 5.75 Å². The molecule has 3 rings (SSSR count). The standard InChI is InChI=1S/C24H24N2O3/c1-18-7-5-10-22(17-18)29-16-6-15-25-23(27)20-11-13-21(14-12-20)26-24(28)19-8-3-2-4-9-19/h2-5,7-14,17H,6,15-16H2,1H3,(H,25,27)(H,26,28). The molecule has 148 valence electrons. The first kappa shape index (κ1) is 20.1. The van der Waals surface area contributed by atoms with Crippen LogP contribution in [0.5, 0.6) is 5.75 Å². The predicted molar refractivity (Wildman–Crippen MR) is 114 cm³/mol. The Hall–Kier alpha value is -3.60. The molecule has 0 radical (unpaired) electrons. The summed E-state index contributed by atoms with van der Waals surface area (Å²) < 4.78 is 5.67. The van der Waals surface area contributed by atoms with Gasteiger partial charge in [-0.25, -0.2) is 0 Å². The second-order valence-corrected chi connectivity index (χ2v) is 6.67. The molecular weight excluding hydrogens is 364 g/mol. The van der Waals surface area contributed by atoms with E-state index in [1.165, 1.54) is 0 Å². The highest BCUT2D eigenvalue weighted by Gasteiger charge is 2.07. The Morgan fingerprint density at radius 3 is 2.28 bits per heavy atom. The Bertz CT molecular complexity index is 953. The van der Waals surface area contributed by atoms with Gasteiger partial charge in [0.25, 0.3) is 11.8 Å². The van der Waals surface area contributed by atoms with E-state index in [1.807, 2.05) is 49.4 Å². The Kier molecular flexibility index (Phi) is 7.00. The first-order valence-corrected chi connectivity index (χ1v) is 9.56. The molecule has 0 atom stereocenters. The summed E-state index contributed by atoms with van der Waals surface area (Å²) in [5, 5.41) is 5.69. The van der Waals surface area contributed by atoms with Crippen LogP contribution in [0.3, 0.4) is 0 Å². The summed E-state index contributed by atoms with van der Waals surface area (Å²) in [6.07, 6.45) is 0.713. The molecule has 3 aromatic carbocycles. The molecular formula is C24H24N2O3. The Balaban J connectivity index is 1.41. The highest BCUT2D eigenvalue weighted by molar-refractivity contribution is 6.04. The first-order chi connectivity index (χ1) is 14.1. The van der Waals surface area contributed by atoms with Crippen LogP contribution in [0.2, 0.25) is 0 Å². The number of carbonyl (C=O) groups excluding carboxylic acids is 2. The first-order valence-electron chi connectivity index (χ1n) is 9.56. The molecule has 3 aromatic rings. The van der Waals surface area contributed by atoms with Crippen LogP contribution in [0.15, 0.2) is 78.9 Å². The summed E-state index contributed by atoms with van der Waals surface area (Å²) in [6.45, 7) is 3.08. The number of anilines is 1. The van der Waals surface area contributed by atoms with Crippen LogP contribution < -0.4 is 15.4 Å². The largest absolute Gasteiger partial charge is 0.494 e. The average molecular weight is 388 g/mol. The highest BCUT2D eigenvalue weighted by atomic mass is 16.5. The van der Waals surface area contributed by atoms with Crippen molar-refractivity contribution in [2.24, 2.45) is 0 Å². The molecule has 2 amide bonds. The summed E-state index contributed by atoms with van der Waals surface area (Å²) in [4.78, 5) is 24.4. The van der Waals surface area contributed by atoms with E-state index in [9.17, 15) is 9.59 Å². The van der Waals surface area contributed by atoms with Gasteiger partial charge in [-0.05, 0) is 67.4 Å². The third kappa shape index (κ3) is 6.21.